The van der Waals surface area contributed by atoms with Crippen LogP contribution in [0.25, 0.3) is 0 Å². The van der Waals surface area contributed by atoms with Crippen LogP contribution in [0.15, 0.2) is 18.2 Å². The summed E-state index contributed by atoms with van der Waals surface area (Å²) in [6.45, 7) is 2.65. The number of nitrogens with one attached hydrogen (secondary N) is 2. The molecule has 2 N–H and O–H groups in total. The molecule has 2 rings (SSSR count). The number of ether oxygens (including phenoxy) is 1. The van der Waals surface area contributed by atoms with Gasteiger partial charge >= 0.3 is 0 Å². The molecule has 1 aromatic rings. The Kier molecular flexibility index (Phi) is 3.82. The third-order valence-corrected chi connectivity index (χ3v) is 2.72. The molecule has 1 heterocycles. The van der Waals surface area contributed by atoms with E-state index in [0.717, 1.165) is 5.56 Å². The lowest BCUT2D eigenvalue weighted by Crippen LogP contribution is -2.21. The van der Waals surface area contributed by atoms with Crippen LogP contribution in [-0.2, 0) is 16.1 Å². The average molecular weight is 248 g/mol. The summed E-state index contributed by atoms with van der Waals surface area (Å²) in [5.74, 6) is 0.625. The lowest BCUT2D eigenvalue weighted by atomic mass is 10.2. The number of amides is 2. The Hall–Kier alpha value is -2.04. The van der Waals surface area contributed by atoms with Crippen molar-refractivity contribution >= 4 is 17.5 Å². The molecule has 18 heavy (non-hydrogen) atoms. The number of hydrogen-bond donors (Lipinski definition) is 2. The fraction of sp³-hybridized carbons (Fsp3) is 0.385. The standard InChI is InChI=1S/C13H16N2O3/c1-2-12(16)14-8-9-3-4-11-10(7-9)15-13(17)5-6-18-11/h3-4,7H,2,5-6,8H2,1H3,(H,14,16)(H,15,17). The highest BCUT2D eigenvalue weighted by molar-refractivity contribution is 5.93. The Balaban J connectivity index is 2.10. The summed E-state index contributed by atoms with van der Waals surface area (Å²) in [6, 6.07) is 5.52. The Bertz CT molecular complexity index is 471. The molecule has 2 amide bonds. The van der Waals surface area contributed by atoms with E-state index in [-0.39, 0.29) is 11.8 Å². The zero-order chi connectivity index (χ0) is 13.0. The van der Waals surface area contributed by atoms with E-state index in [1.165, 1.54) is 0 Å². The quantitative estimate of drug-likeness (QED) is 0.850. The molecule has 0 saturated heterocycles. The van der Waals surface area contributed by atoms with Crippen molar-refractivity contribution in [3.05, 3.63) is 23.8 Å². The molecule has 0 saturated carbocycles. The molecule has 0 radical (unpaired) electrons. The highest BCUT2D eigenvalue weighted by atomic mass is 16.5. The third kappa shape index (κ3) is 3.00. The van der Waals surface area contributed by atoms with E-state index in [1.54, 1.807) is 6.92 Å². The summed E-state index contributed by atoms with van der Waals surface area (Å²) in [7, 11) is 0. The van der Waals surface area contributed by atoms with E-state index in [0.29, 0.717) is 37.4 Å². The van der Waals surface area contributed by atoms with Crippen LogP contribution in [0, 0.1) is 0 Å². The van der Waals surface area contributed by atoms with Gasteiger partial charge in [0.1, 0.15) is 5.75 Å². The first kappa shape index (κ1) is 12.4. The van der Waals surface area contributed by atoms with E-state index in [4.69, 9.17) is 4.74 Å². The van der Waals surface area contributed by atoms with Crippen LogP contribution in [0.1, 0.15) is 25.3 Å². The Morgan fingerprint density at radius 2 is 2.33 bits per heavy atom. The maximum atomic E-state index is 11.4. The highest BCUT2D eigenvalue weighted by Crippen LogP contribution is 2.27. The fourth-order valence-corrected chi connectivity index (χ4v) is 1.70. The average Bonchev–Trinajstić information content (AvgIpc) is 2.55. The number of anilines is 1. The molecule has 0 aromatic heterocycles. The second-order valence-corrected chi connectivity index (χ2v) is 4.11. The Morgan fingerprint density at radius 1 is 1.50 bits per heavy atom. The molecule has 0 spiro atoms. The number of carbonyl (C=O) groups excluding carboxylic acids is 2. The van der Waals surface area contributed by atoms with E-state index in [1.807, 2.05) is 18.2 Å². The van der Waals surface area contributed by atoms with Gasteiger partial charge in [-0.3, -0.25) is 9.59 Å². The largest absolute Gasteiger partial charge is 0.491 e. The summed E-state index contributed by atoms with van der Waals surface area (Å²) < 4.78 is 5.45. The monoisotopic (exact) mass is 248 g/mol. The molecule has 1 aliphatic heterocycles. The van der Waals surface area contributed by atoms with Crippen molar-refractivity contribution in [3.8, 4) is 5.75 Å². The molecule has 0 bridgehead atoms. The summed E-state index contributed by atoms with van der Waals surface area (Å²) in [5.41, 5.74) is 1.60. The van der Waals surface area contributed by atoms with Gasteiger partial charge in [0.25, 0.3) is 0 Å². The molecular formula is C13H16N2O3. The predicted octanol–water partition coefficient (Wildman–Crippen LogP) is 1.43. The predicted molar refractivity (Wildman–Crippen MR) is 67.3 cm³/mol. The molecule has 5 nitrogen and oxygen atoms in total. The summed E-state index contributed by atoms with van der Waals surface area (Å²) in [5, 5.41) is 5.58. The molecular weight excluding hydrogens is 232 g/mol. The zero-order valence-corrected chi connectivity index (χ0v) is 10.3. The Labute approximate surface area is 106 Å². The van der Waals surface area contributed by atoms with Crippen molar-refractivity contribution in [2.75, 3.05) is 11.9 Å². The van der Waals surface area contributed by atoms with Gasteiger partial charge in [0.05, 0.1) is 18.7 Å². The van der Waals surface area contributed by atoms with Crippen LogP contribution in [0.5, 0.6) is 5.75 Å². The summed E-state index contributed by atoms with van der Waals surface area (Å²) in [6.07, 6.45) is 0.821. The molecule has 96 valence electrons. The van der Waals surface area contributed by atoms with Crippen LogP contribution in [0.3, 0.4) is 0 Å². The minimum absolute atomic E-state index is 0.00484. The second kappa shape index (κ2) is 5.53. The van der Waals surface area contributed by atoms with Crippen molar-refractivity contribution in [3.63, 3.8) is 0 Å². The maximum absolute atomic E-state index is 11.4. The smallest absolute Gasteiger partial charge is 0.227 e. The number of rotatable bonds is 3. The molecule has 0 atom stereocenters. The molecule has 0 fully saturated rings. The van der Waals surface area contributed by atoms with Gasteiger partial charge in [-0.25, -0.2) is 0 Å². The van der Waals surface area contributed by atoms with E-state index < -0.39 is 0 Å². The normalized spacial score (nSPS) is 13.9. The topological polar surface area (TPSA) is 67.4 Å². The van der Waals surface area contributed by atoms with E-state index >= 15 is 0 Å². The Morgan fingerprint density at radius 3 is 3.11 bits per heavy atom. The zero-order valence-electron chi connectivity index (χ0n) is 10.3. The van der Waals surface area contributed by atoms with E-state index in [9.17, 15) is 9.59 Å². The number of fused-ring (bicyclic) bond motifs is 1. The number of carbonyl (C=O) groups is 2. The van der Waals surface area contributed by atoms with Crippen LogP contribution in [0.4, 0.5) is 5.69 Å². The summed E-state index contributed by atoms with van der Waals surface area (Å²) >= 11 is 0. The van der Waals surface area contributed by atoms with E-state index in [2.05, 4.69) is 10.6 Å². The number of hydrogen-bond acceptors (Lipinski definition) is 3. The van der Waals surface area contributed by atoms with Crippen molar-refractivity contribution in [2.45, 2.75) is 26.3 Å². The summed E-state index contributed by atoms with van der Waals surface area (Å²) in [4.78, 5) is 22.6. The minimum atomic E-state index is -0.0523. The SMILES string of the molecule is CCC(=O)NCc1ccc2c(c1)NC(=O)CCO2. The van der Waals surface area contributed by atoms with Crippen LogP contribution in [0.2, 0.25) is 0 Å². The van der Waals surface area contributed by atoms with Gasteiger partial charge in [0.2, 0.25) is 11.8 Å². The van der Waals surface area contributed by atoms with Gasteiger partial charge in [-0.1, -0.05) is 13.0 Å². The van der Waals surface area contributed by atoms with Gasteiger partial charge in [-0.15, -0.1) is 0 Å². The van der Waals surface area contributed by atoms with Crippen LogP contribution < -0.4 is 15.4 Å². The molecule has 1 aromatic carbocycles. The first-order chi connectivity index (χ1) is 8.69. The fourth-order valence-electron chi connectivity index (χ4n) is 1.70. The van der Waals surface area contributed by atoms with Crippen LogP contribution in [-0.4, -0.2) is 18.4 Å². The highest BCUT2D eigenvalue weighted by Gasteiger charge is 2.13. The van der Waals surface area contributed by atoms with Gasteiger partial charge in [-0.2, -0.15) is 0 Å². The molecule has 0 aliphatic carbocycles. The number of benzene rings is 1. The first-order valence-corrected chi connectivity index (χ1v) is 6.01. The molecule has 0 unspecified atom stereocenters. The molecule has 1 aliphatic rings. The van der Waals surface area contributed by atoms with Crippen molar-refractivity contribution in [2.24, 2.45) is 0 Å². The third-order valence-electron chi connectivity index (χ3n) is 2.72. The van der Waals surface area contributed by atoms with Gasteiger partial charge < -0.3 is 15.4 Å². The maximum Gasteiger partial charge on any atom is 0.227 e. The van der Waals surface area contributed by atoms with Gasteiger partial charge in [0, 0.05) is 13.0 Å². The van der Waals surface area contributed by atoms with Crippen molar-refractivity contribution < 1.29 is 14.3 Å². The van der Waals surface area contributed by atoms with Gasteiger partial charge in [0.15, 0.2) is 0 Å². The minimum Gasteiger partial charge on any atom is -0.491 e. The lowest BCUT2D eigenvalue weighted by molar-refractivity contribution is -0.121. The van der Waals surface area contributed by atoms with Gasteiger partial charge in [-0.05, 0) is 17.7 Å². The second-order valence-electron chi connectivity index (χ2n) is 4.11. The van der Waals surface area contributed by atoms with Crippen molar-refractivity contribution in [1.29, 1.82) is 0 Å². The molecule has 5 heteroatoms. The first-order valence-electron chi connectivity index (χ1n) is 6.01. The van der Waals surface area contributed by atoms with Crippen LogP contribution >= 0.6 is 0 Å². The van der Waals surface area contributed by atoms with Crippen molar-refractivity contribution in [1.82, 2.24) is 5.32 Å². The lowest BCUT2D eigenvalue weighted by Gasteiger charge is -2.10.